The van der Waals surface area contributed by atoms with E-state index in [1.165, 1.54) is 36.9 Å². The molecule has 150 valence electrons. The van der Waals surface area contributed by atoms with Crippen molar-refractivity contribution in [3.05, 3.63) is 60.2 Å². The van der Waals surface area contributed by atoms with Gasteiger partial charge < -0.3 is 13.8 Å². The first-order valence-electron chi connectivity index (χ1n) is 9.36. The van der Waals surface area contributed by atoms with Crippen LogP contribution in [0.15, 0.2) is 59.5 Å². The molecule has 2 aromatic carbocycles. The zero-order valence-electron chi connectivity index (χ0n) is 15.9. The number of carbonyl (C=O) groups is 1. The third-order valence-corrected chi connectivity index (χ3v) is 6.25. The van der Waals surface area contributed by atoms with Crippen molar-refractivity contribution < 1.29 is 22.1 Å². The second-order valence-electron chi connectivity index (χ2n) is 6.88. The van der Waals surface area contributed by atoms with Gasteiger partial charge in [0.15, 0.2) is 0 Å². The molecule has 1 heterocycles. The van der Waals surface area contributed by atoms with Crippen molar-refractivity contribution >= 4 is 16.1 Å². The molecule has 7 heteroatoms. The van der Waals surface area contributed by atoms with Crippen LogP contribution in [-0.4, -0.2) is 46.0 Å². The van der Waals surface area contributed by atoms with E-state index in [0.717, 1.165) is 26.1 Å². The molecule has 1 fully saturated rings. The lowest BCUT2D eigenvalue weighted by Crippen LogP contribution is -2.38. The number of hydrogen-bond acceptors (Lipinski definition) is 6. The van der Waals surface area contributed by atoms with Gasteiger partial charge in [0, 0.05) is 6.54 Å². The minimum atomic E-state index is -4.11. The fourth-order valence-corrected chi connectivity index (χ4v) is 4.21. The zero-order chi connectivity index (χ0) is 20.0. The molecule has 1 aliphatic rings. The predicted molar refractivity (Wildman–Crippen MR) is 106 cm³/mol. The number of hydrogen-bond donors (Lipinski definition) is 0. The van der Waals surface area contributed by atoms with Crippen LogP contribution in [-0.2, 0) is 25.5 Å². The van der Waals surface area contributed by atoms with Crippen molar-refractivity contribution in [2.75, 3.05) is 26.7 Å². The molecule has 0 bridgehead atoms. The molecular formula is C21H25NO5S. The van der Waals surface area contributed by atoms with Crippen molar-refractivity contribution in [2.45, 2.75) is 24.2 Å². The van der Waals surface area contributed by atoms with Crippen molar-refractivity contribution in [1.82, 2.24) is 4.90 Å². The lowest BCUT2D eigenvalue weighted by atomic mass is 9.97. The third-order valence-electron chi connectivity index (χ3n) is 5.02. The Kier molecular flexibility index (Phi) is 6.70. The van der Waals surface area contributed by atoms with Crippen LogP contribution >= 0.6 is 0 Å². The van der Waals surface area contributed by atoms with Crippen LogP contribution in [0, 0.1) is 5.92 Å². The Morgan fingerprint density at radius 3 is 2.29 bits per heavy atom. The molecule has 0 radical (unpaired) electrons. The van der Waals surface area contributed by atoms with Crippen LogP contribution in [0.25, 0.3) is 0 Å². The number of benzene rings is 2. The molecule has 0 atom stereocenters. The number of nitrogens with zero attached hydrogens (tertiary/aromatic N) is 1. The van der Waals surface area contributed by atoms with E-state index < -0.39 is 16.1 Å². The molecule has 0 amide bonds. The van der Waals surface area contributed by atoms with Crippen LogP contribution < -0.4 is 4.74 Å². The molecule has 28 heavy (non-hydrogen) atoms. The second kappa shape index (κ2) is 9.21. The van der Waals surface area contributed by atoms with Gasteiger partial charge in [0.1, 0.15) is 10.6 Å². The molecule has 3 rings (SSSR count). The summed E-state index contributed by atoms with van der Waals surface area (Å²) in [6.45, 7) is 2.44. The Labute approximate surface area is 166 Å². The molecule has 2 aromatic rings. The number of ether oxygens (including phenoxy) is 1. The van der Waals surface area contributed by atoms with E-state index >= 15 is 0 Å². The Morgan fingerprint density at radius 1 is 1.04 bits per heavy atom. The summed E-state index contributed by atoms with van der Waals surface area (Å²) in [7, 11) is -2.62. The molecule has 0 aliphatic carbocycles. The number of methoxy groups -OCH3 is 1. The number of rotatable bonds is 7. The van der Waals surface area contributed by atoms with Gasteiger partial charge in [-0.1, -0.05) is 30.3 Å². The minimum absolute atomic E-state index is 0.0538. The van der Waals surface area contributed by atoms with E-state index in [2.05, 4.69) is 17.0 Å². The standard InChI is InChI=1S/C21H25NO5S/c1-26-19-7-9-20(10-8-19)28(24,25)27-21(23)18-12-15-22(16-13-18)14-11-17-5-3-2-4-6-17/h2-10,18H,11-16H2,1H3. The van der Waals surface area contributed by atoms with Crippen molar-refractivity contribution in [3.8, 4) is 5.75 Å². The highest BCUT2D eigenvalue weighted by Gasteiger charge is 2.30. The summed E-state index contributed by atoms with van der Waals surface area (Å²) in [5.74, 6) is -0.521. The number of piperidine rings is 1. The fourth-order valence-electron chi connectivity index (χ4n) is 3.29. The number of carbonyl (C=O) groups excluding carboxylic acids is 1. The van der Waals surface area contributed by atoms with E-state index in [4.69, 9.17) is 8.92 Å². The van der Waals surface area contributed by atoms with E-state index in [-0.39, 0.29) is 10.8 Å². The Balaban J connectivity index is 1.49. The predicted octanol–water partition coefficient (Wildman–Crippen LogP) is 2.88. The maximum absolute atomic E-state index is 12.4. The summed E-state index contributed by atoms with van der Waals surface area (Å²) in [6, 6.07) is 16.0. The largest absolute Gasteiger partial charge is 0.497 e. The molecule has 6 nitrogen and oxygen atoms in total. The van der Waals surface area contributed by atoms with Gasteiger partial charge in [0.05, 0.1) is 13.0 Å². The lowest BCUT2D eigenvalue weighted by molar-refractivity contribution is -0.139. The summed E-state index contributed by atoms with van der Waals surface area (Å²) in [4.78, 5) is 14.6. The monoisotopic (exact) mass is 403 g/mol. The summed E-state index contributed by atoms with van der Waals surface area (Å²) >= 11 is 0. The van der Waals surface area contributed by atoms with Crippen LogP contribution in [0.4, 0.5) is 0 Å². The van der Waals surface area contributed by atoms with Gasteiger partial charge in [0.25, 0.3) is 0 Å². The van der Waals surface area contributed by atoms with Crippen molar-refractivity contribution in [1.29, 1.82) is 0 Å². The average Bonchev–Trinajstić information content (AvgIpc) is 2.73. The normalized spacial score (nSPS) is 15.9. The lowest BCUT2D eigenvalue weighted by Gasteiger charge is -2.30. The summed E-state index contributed by atoms with van der Waals surface area (Å²) in [6.07, 6.45) is 2.17. The molecule has 1 saturated heterocycles. The molecule has 0 saturated carbocycles. The van der Waals surface area contributed by atoms with Crippen LogP contribution in [0.5, 0.6) is 5.75 Å². The third kappa shape index (κ3) is 5.33. The van der Waals surface area contributed by atoms with Gasteiger partial charge in [-0.05, 0) is 62.2 Å². The summed E-state index contributed by atoms with van der Waals surface area (Å²) in [5.41, 5.74) is 1.29. The Morgan fingerprint density at radius 2 is 1.68 bits per heavy atom. The van der Waals surface area contributed by atoms with Crippen LogP contribution in [0.2, 0.25) is 0 Å². The maximum atomic E-state index is 12.4. The van der Waals surface area contributed by atoms with Gasteiger partial charge in [-0.25, -0.2) is 0 Å². The maximum Gasteiger partial charge on any atom is 0.341 e. The smallest absolute Gasteiger partial charge is 0.341 e. The molecular weight excluding hydrogens is 378 g/mol. The van der Waals surface area contributed by atoms with E-state index in [0.29, 0.717) is 18.6 Å². The second-order valence-corrected chi connectivity index (χ2v) is 8.43. The van der Waals surface area contributed by atoms with Gasteiger partial charge >= 0.3 is 16.1 Å². The van der Waals surface area contributed by atoms with Gasteiger partial charge in [-0.3, -0.25) is 4.79 Å². The first kappa shape index (κ1) is 20.4. The highest BCUT2D eigenvalue weighted by Crippen LogP contribution is 2.23. The first-order valence-corrected chi connectivity index (χ1v) is 10.8. The molecule has 0 N–H and O–H groups in total. The van der Waals surface area contributed by atoms with Gasteiger partial charge in [-0.15, -0.1) is 0 Å². The molecule has 1 aliphatic heterocycles. The fraction of sp³-hybridized carbons (Fsp3) is 0.381. The first-order chi connectivity index (χ1) is 13.5. The van der Waals surface area contributed by atoms with E-state index in [9.17, 15) is 13.2 Å². The average molecular weight is 404 g/mol. The Bertz CT molecular complexity index is 873. The minimum Gasteiger partial charge on any atom is -0.497 e. The highest BCUT2D eigenvalue weighted by atomic mass is 32.2. The van der Waals surface area contributed by atoms with Crippen molar-refractivity contribution in [2.24, 2.45) is 5.92 Å². The van der Waals surface area contributed by atoms with Gasteiger partial charge in [-0.2, -0.15) is 8.42 Å². The SMILES string of the molecule is COc1ccc(S(=O)(=O)OC(=O)C2CCN(CCc3ccccc3)CC2)cc1. The molecule has 0 unspecified atom stereocenters. The van der Waals surface area contributed by atoms with Crippen LogP contribution in [0.1, 0.15) is 18.4 Å². The molecule has 0 aromatic heterocycles. The number of likely N-dealkylation sites (tertiary alicyclic amines) is 1. The topological polar surface area (TPSA) is 72.9 Å². The highest BCUT2D eigenvalue weighted by molar-refractivity contribution is 7.87. The van der Waals surface area contributed by atoms with Crippen LogP contribution in [0.3, 0.4) is 0 Å². The Hall–Kier alpha value is -2.38. The summed E-state index contributed by atoms with van der Waals surface area (Å²) < 4.78 is 34.5. The van der Waals surface area contributed by atoms with E-state index in [1.54, 1.807) is 0 Å². The zero-order valence-corrected chi connectivity index (χ0v) is 16.7. The molecule has 0 spiro atoms. The summed E-state index contributed by atoms with van der Waals surface area (Å²) in [5, 5.41) is 0. The van der Waals surface area contributed by atoms with Gasteiger partial charge in [0.2, 0.25) is 0 Å². The van der Waals surface area contributed by atoms with Crippen molar-refractivity contribution in [3.63, 3.8) is 0 Å². The van der Waals surface area contributed by atoms with E-state index in [1.807, 2.05) is 18.2 Å². The quantitative estimate of drug-likeness (QED) is 0.662.